The molecule has 120 valence electrons. The summed E-state index contributed by atoms with van der Waals surface area (Å²) >= 11 is 9.68. The van der Waals surface area contributed by atoms with Gasteiger partial charge in [-0.3, -0.25) is 0 Å². The number of thiophene rings is 1. The van der Waals surface area contributed by atoms with E-state index >= 15 is 0 Å². The summed E-state index contributed by atoms with van der Waals surface area (Å²) in [6.45, 7) is 0. The molecule has 1 aliphatic rings. The fourth-order valence-electron chi connectivity index (χ4n) is 2.64. The minimum absolute atomic E-state index is 0.00588. The molecular formula is C19H13ClFNS2. The number of benzene rings is 2. The second-order valence-electron chi connectivity index (χ2n) is 5.38. The Morgan fingerprint density at radius 2 is 1.92 bits per heavy atom. The Morgan fingerprint density at radius 3 is 2.71 bits per heavy atom. The van der Waals surface area contributed by atoms with Gasteiger partial charge in [0.15, 0.2) is 0 Å². The highest BCUT2D eigenvalue weighted by atomic mass is 35.5. The third-order valence-corrected chi connectivity index (χ3v) is 6.27. The number of fused-ring (bicyclic) bond motifs is 1. The first-order valence-corrected chi connectivity index (χ1v) is 9.58. The summed E-state index contributed by atoms with van der Waals surface area (Å²) in [4.78, 5) is 2.02. The molecule has 4 rings (SSSR count). The van der Waals surface area contributed by atoms with Crippen molar-refractivity contribution in [1.29, 1.82) is 0 Å². The molecule has 1 unspecified atom stereocenters. The number of rotatable bonds is 2. The lowest BCUT2D eigenvalue weighted by Crippen LogP contribution is -1.97. The van der Waals surface area contributed by atoms with E-state index in [1.807, 2.05) is 35.7 Å². The zero-order chi connectivity index (χ0) is 16.5. The van der Waals surface area contributed by atoms with E-state index in [4.69, 9.17) is 11.6 Å². The van der Waals surface area contributed by atoms with E-state index in [1.54, 1.807) is 35.2 Å². The molecule has 0 spiro atoms. The summed E-state index contributed by atoms with van der Waals surface area (Å²) in [5.74, 6) is -0.236. The molecule has 0 aliphatic carbocycles. The van der Waals surface area contributed by atoms with E-state index < -0.39 is 0 Å². The van der Waals surface area contributed by atoms with Crippen molar-refractivity contribution in [2.24, 2.45) is 0 Å². The van der Waals surface area contributed by atoms with Gasteiger partial charge < -0.3 is 5.32 Å². The van der Waals surface area contributed by atoms with E-state index in [0.717, 1.165) is 31.7 Å². The first kappa shape index (κ1) is 15.8. The normalized spacial score (nSPS) is 16.8. The Balaban J connectivity index is 1.85. The van der Waals surface area contributed by atoms with Crippen LogP contribution in [0.3, 0.4) is 0 Å². The first-order valence-electron chi connectivity index (χ1n) is 7.44. The number of thioether (sulfide) groups is 1. The van der Waals surface area contributed by atoms with Crippen molar-refractivity contribution in [3.8, 4) is 0 Å². The second-order valence-corrected chi connectivity index (χ2v) is 7.92. The van der Waals surface area contributed by atoms with Gasteiger partial charge in [0.2, 0.25) is 0 Å². The molecule has 2 heterocycles. The van der Waals surface area contributed by atoms with Gasteiger partial charge in [0, 0.05) is 9.92 Å². The molecule has 5 heteroatoms. The molecule has 0 fully saturated rings. The van der Waals surface area contributed by atoms with Gasteiger partial charge in [-0.1, -0.05) is 35.9 Å². The van der Waals surface area contributed by atoms with E-state index in [0.29, 0.717) is 0 Å². The smallest absolute Gasteiger partial charge is 0.124 e. The molecular weight excluding hydrogens is 361 g/mol. The lowest BCUT2D eigenvalue weighted by atomic mass is 10.1. The van der Waals surface area contributed by atoms with Crippen LogP contribution in [0.2, 0.25) is 5.02 Å². The molecule has 0 saturated heterocycles. The molecule has 0 bridgehead atoms. The van der Waals surface area contributed by atoms with Crippen molar-refractivity contribution < 1.29 is 4.39 Å². The summed E-state index contributed by atoms with van der Waals surface area (Å²) in [5.41, 5.74) is 2.96. The van der Waals surface area contributed by atoms with Crippen LogP contribution in [-0.2, 0) is 0 Å². The van der Waals surface area contributed by atoms with Crippen LogP contribution in [0.15, 0.2) is 70.9 Å². The minimum atomic E-state index is -0.236. The van der Waals surface area contributed by atoms with E-state index in [-0.39, 0.29) is 11.1 Å². The van der Waals surface area contributed by atoms with Gasteiger partial charge in [-0.15, -0.1) is 23.1 Å². The Morgan fingerprint density at radius 1 is 1.04 bits per heavy atom. The quantitative estimate of drug-likeness (QED) is 0.527. The number of anilines is 1. The Hall–Kier alpha value is -1.75. The minimum Gasteiger partial charge on any atom is -0.354 e. The van der Waals surface area contributed by atoms with Gasteiger partial charge in [0.1, 0.15) is 5.82 Å². The Bertz CT molecular complexity index is 905. The second kappa shape index (κ2) is 6.63. The first-order chi connectivity index (χ1) is 11.7. The average Bonchev–Trinajstić information content (AvgIpc) is 3.04. The topological polar surface area (TPSA) is 12.0 Å². The molecule has 24 heavy (non-hydrogen) atoms. The molecule has 2 aromatic carbocycles. The van der Waals surface area contributed by atoms with Crippen molar-refractivity contribution in [3.63, 3.8) is 0 Å². The number of hydrogen-bond donors (Lipinski definition) is 1. The van der Waals surface area contributed by atoms with Crippen LogP contribution < -0.4 is 5.32 Å². The summed E-state index contributed by atoms with van der Waals surface area (Å²) in [6, 6.07) is 16.7. The van der Waals surface area contributed by atoms with Crippen molar-refractivity contribution in [3.05, 3.63) is 87.3 Å². The van der Waals surface area contributed by atoms with Crippen molar-refractivity contribution in [1.82, 2.24) is 0 Å². The van der Waals surface area contributed by atoms with E-state index in [2.05, 4.69) is 17.5 Å². The lowest BCUT2D eigenvalue weighted by molar-refractivity contribution is 0.624. The standard InChI is InChI=1S/C19H13ClFNS2/c20-14-5-2-1-4-13(14)18-11-16(17-6-3-9-23-17)22-15-8-7-12(21)10-19(15)24-18/h1-11,18,22H. The van der Waals surface area contributed by atoms with Crippen LogP contribution in [-0.4, -0.2) is 0 Å². The largest absolute Gasteiger partial charge is 0.354 e. The van der Waals surface area contributed by atoms with Crippen LogP contribution in [0.4, 0.5) is 10.1 Å². The maximum atomic E-state index is 13.7. The highest BCUT2D eigenvalue weighted by Crippen LogP contribution is 2.46. The lowest BCUT2D eigenvalue weighted by Gasteiger charge is -2.14. The maximum Gasteiger partial charge on any atom is 0.124 e. The van der Waals surface area contributed by atoms with Gasteiger partial charge in [0.05, 0.1) is 21.5 Å². The monoisotopic (exact) mass is 373 g/mol. The predicted molar refractivity (Wildman–Crippen MR) is 102 cm³/mol. The van der Waals surface area contributed by atoms with Crippen LogP contribution in [0.25, 0.3) is 5.70 Å². The Kier molecular flexibility index (Phi) is 4.35. The number of halogens is 2. The van der Waals surface area contributed by atoms with Crippen LogP contribution in [0.1, 0.15) is 15.7 Å². The highest BCUT2D eigenvalue weighted by molar-refractivity contribution is 7.99. The fourth-order valence-corrected chi connectivity index (χ4v) is 4.90. The summed E-state index contributed by atoms with van der Waals surface area (Å²) in [7, 11) is 0. The van der Waals surface area contributed by atoms with Gasteiger partial charge >= 0.3 is 0 Å². The zero-order valence-corrected chi connectivity index (χ0v) is 14.9. The highest BCUT2D eigenvalue weighted by Gasteiger charge is 2.22. The third-order valence-electron chi connectivity index (χ3n) is 3.78. The zero-order valence-electron chi connectivity index (χ0n) is 12.5. The molecule has 1 aliphatic heterocycles. The van der Waals surface area contributed by atoms with Crippen molar-refractivity contribution in [2.75, 3.05) is 5.32 Å². The summed E-state index contributed by atoms with van der Waals surface area (Å²) in [5, 5.41) is 6.22. The van der Waals surface area contributed by atoms with Crippen molar-refractivity contribution in [2.45, 2.75) is 10.1 Å². The van der Waals surface area contributed by atoms with Crippen LogP contribution >= 0.6 is 34.7 Å². The molecule has 0 radical (unpaired) electrons. The molecule has 0 saturated carbocycles. The van der Waals surface area contributed by atoms with Crippen LogP contribution in [0, 0.1) is 5.82 Å². The summed E-state index contributed by atoms with van der Waals surface area (Å²) < 4.78 is 13.7. The van der Waals surface area contributed by atoms with Gasteiger partial charge in [-0.2, -0.15) is 0 Å². The van der Waals surface area contributed by atoms with Gasteiger partial charge in [0.25, 0.3) is 0 Å². The van der Waals surface area contributed by atoms with E-state index in [9.17, 15) is 4.39 Å². The van der Waals surface area contributed by atoms with Gasteiger partial charge in [-0.05, 0) is 47.4 Å². The van der Waals surface area contributed by atoms with Crippen LogP contribution in [0.5, 0.6) is 0 Å². The Labute approximate surface area is 153 Å². The number of hydrogen-bond acceptors (Lipinski definition) is 3. The molecule has 1 atom stereocenters. The predicted octanol–water partition coefficient (Wildman–Crippen LogP) is 6.84. The molecule has 1 nitrogen and oxygen atoms in total. The molecule has 0 amide bonds. The average molecular weight is 374 g/mol. The SMILES string of the molecule is Fc1ccc2c(c1)SC(c1ccccc1Cl)C=C(c1cccs1)N2. The van der Waals surface area contributed by atoms with E-state index in [1.165, 1.54) is 6.07 Å². The summed E-state index contributed by atoms with van der Waals surface area (Å²) in [6.07, 6.45) is 2.16. The molecule has 3 aromatic rings. The van der Waals surface area contributed by atoms with Crippen molar-refractivity contribution >= 4 is 46.1 Å². The third kappa shape index (κ3) is 3.09. The molecule has 1 aromatic heterocycles. The molecule has 1 N–H and O–H groups in total. The maximum absolute atomic E-state index is 13.7. The number of nitrogens with one attached hydrogen (secondary N) is 1. The fraction of sp³-hybridized carbons (Fsp3) is 0.0526. The van der Waals surface area contributed by atoms with Gasteiger partial charge in [-0.25, -0.2) is 4.39 Å².